The van der Waals surface area contributed by atoms with Crippen LogP contribution in [0.4, 0.5) is 0 Å². The van der Waals surface area contributed by atoms with E-state index in [0.717, 1.165) is 22.3 Å². The Balaban J connectivity index is 2.03. The Morgan fingerprint density at radius 1 is 1.00 bits per heavy atom. The summed E-state index contributed by atoms with van der Waals surface area (Å²) in [5.74, 6) is 0.299. The molecular weight excluding hydrogens is 374 g/mol. The van der Waals surface area contributed by atoms with E-state index in [1.165, 1.54) is 4.52 Å². The van der Waals surface area contributed by atoms with Crippen molar-refractivity contribution in [1.29, 1.82) is 0 Å². The smallest absolute Gasteiger partial charge is 0.265 e. The van der Waals surface area contributed by atoms with Gasteiger partial charge >= 0.3 is 0 Å². The van der Waals surface area contributed by atoms with Gasteiger partial charge in [0, 0.05) is 28.5 Å². The van der Waals surface area contributed by atoms with Gasteiger partial charge in [-0.15, -0.1) is 10.2 Å². The standard InChI is InChI=1S/C21H18ClN5O/c1-13(2)11-18-21(28)27-20(26-25-18)19(15-7-9-23-10-8-15)17(12-24-27)14-3-5-16(22)6-4-14/h3-10,12-13H,11H2,1-2H3. The van der Waals surface area contributed by atoms with Gasteiger partial charge in [0.05, 0.1) is 6.20 Å². The Hall–Kier alpha value is -3.12. The molecule has 0 saturated heterocycles. The van der Waals surface area contributed by atoms with Crippen LogP contribution in [0.3, 0.4) is 0 Å². The van der Waals surface area contributed by atoms with Crippen LogP contribution in [0, 0.1) is 5.92 Å². The van der Waals surface area contributed by atoms with Crippen molar-refractivity contribution in [1.82, 2.24) is 24.8 Å². The highest BCUT2D eigenvalue weighted by molar-refractivity contribution is 6.30. The maximum Gasteiger partial charge on any atom is 0.296 e. The molecule has 0 N–H and O–H groups in total. The molecule has 0 spiro atoms. The zero-order chi connectivity index (χ0) is 19.7. The van der Waals surface area contributed by atoms with Crippen molar-refractivity contribution in [2.45, 2.75) is 20.3 Å². The molecule has 4 rings (SSSR count). The predicted octanol–water partition coefficient (Wildman–Crippen LogP) is 4.07. The van der Waals surface area contributed by atoms with E-state index in [4.69, 9.17) is 11.6 Å². The zero-order valence-corrected chi connectivity index (χ0v) is 16.3. The summed E-state index contributed by atoms with van der Waals surface area (Å²) >= 11 is 6.04. The highest BCUT2D eigenvalue weighted by Gasteiger charge is 2.18. The molecule has 3 aromatic heterocycles. The van der Waals surface area contributed by atoms with Crippen molar-refractivity contribution < 1.29 is 0 Å². The van der Waals surface area contributed by atoms with Gasteiger partial charge in [0.2, 0.25) is 0 Å². The van der Waals surface area contributed by atoms with Crippen LogP contribution in [0.25, 0.3) is 27.9 Å². The van der Waals surface area contributed by atoms with E-state index >= 15 is 0 Å². The molecular formula is C21H18ClN5O. The third-order valence-corrected chi connectivity index (χ3v) is 4.68. The summed E-state index contributed by atoms with van der Waals surface area (Å²) in [7, 11) is 0. The van der Waals surface area contributed by atoms with Crippen molar-refractivity contribution in [3.63, 3.8) is 0 Å². The second kappa shape index (κ2) is 7.48. The summed E-state index contributed by atoms with van der Waals surface area (Å²) < 4.78 is 1.33. The minimum atomic E-state index is -0.239. The summed E-state index contributed by atoms with van der Waals surface area (Å²) in [4.78, 5) is 17.0. The highest BCUT2D eigenvalue weighted by atomic mass is 35.5. The zero-order valence-electron chi connectivity index (χ0n) is 15.5. The molecule has 0 atom stereocenters. The highest BCUT2D eigenvalue weighted by Crippen LogP contribution is 2.33. The maximum absolute atomic E-state index is 12.9. The van der Waals surface area contributed by atoms with Gasteiger partial charge in [-0.1, -0.05) is 37.6 Å². The van der Waals surface area contributed by atoms with Crippen LogP contribution in [-0.2, 0) is 6.42 Å². The second-order valence-electron chi connectivity index (χ2n) is 6.96. The second-order valence-corrected chi connectivity index (χ2v) is 7.40. The molecule has 3 heterocycles. The van der Waals surface area contributed by atoms with Gasteiger partial charge < -0.3 is 0 Å². The molecule has 0 aliphatic carbocycles. The van der Waals surface area contributed by atoms with E-state index in [9.17, 15) is 4.79 Å². The molecule has 0 bridgehead atoms. The van der Waals surface area contributed by atoms with E-state index in [-0.39, 0.29) is 5.56 Å². The first kappa shape index (κ1) is 18.3. The van der Waals surface area contributed by atoms with E-state index in [0.29, 0.717) is 28.7 Å². The first-order chi connectivity index (χ1) is 13.5. The summed E-state index contributed by atoms with van der Waals surface area (Å²) in [6.07, 6.45) is 5.65. The normalized spacial score (nSPS) is 11.3. The van der Waals surface area contributed by atoms with Gasteiger partial charge in [0.25, 0.3) is 5.56 Å². The predicted molar refractivity (Wildman–Crippen MR) is 109 cm³/mol. The van der Waals surface area contributed by atoms with Crippen molar-refractivity contribution >= 4 is 17.2 Å². The molecule has 7 heteroatoms. The van der Waals surface area contributed by atoms with Crippen molar-refractivity contribution in [3.8, 4) is 22.3 Å². The number of rotatable bonds is 4. The monoisotopic (exact) mass is 391 g/mol. The summed E-state index contributed by atoms with van der Waals surface area (Å²) in [6.45, 7) is 4.07. The van der Waals surface area contributed by atoms with E-state index < -0.39 is 0 Å². The molecule has 0 fully saturated rings. The van der Waals surface area contributed by atoms with Crippen LogP contribution >= 0.6 is 11.6 Å². The lowest BCUT2D eigenvalue weighted by atomic mass is 9.97. The van der Waals surface area contributed by atoms with Crippen LogP contribution in [0.15, 0.2) is 59.8 Å². The van der Waals surface area contributed by atoms with Crippen LogP contribution in [-0.4, -0.2) is 24.8 Å². The van der Waals surface area contributed by atoms with Crippen LogP contribution in [0.5, 0.6) is 0 Å². The number of hydrogen-bond acceptors (Lipinski definition) is 5. The largest absolute Gasteiger partial charge is 0.296 e. The third kappa shape index (κ3) is 3.39. The fourth-order valence-corrected chi connectivity index (χ4v) is 3.27. The average molecular weight is 392 g/mol. The fourth-order valence-electron chi connectivity index (χ4n) is 3.14. The first-order valence-electron chi connectivity index (χ1n) is 8.98. The van der Waals surface area contributed by atoms with Gasteiger partial charge in [-0.05, 0) is 47.7 Å². The quantitative estimate of drug-likeness (QED) is 0.524. The molecule has 1 aromatic carbocycles. The van der Waals surface area contributed by atoms with Gasteiger partial charge in [0.15, 0.2) is 5.65 Å². The molecule has 0 unspecified atom stereocenters. The molecule has 6 nitrogen and oxygen atoms in total. The van der Waals surface area contributed by atoms with Gasteiger partial charge in [-0.2, -0.15) is 9.61 Å². The van der Waals surface area contributed by atoms with E-state index in [1.807, 2.05) is 50.2 Å². The Bertz CT molecular complexity index is 1190. The van der Waals surface area contributed by atoms with Crippen LogP contribution < -0.4 is 5.56 Å². The molecule has 0 saturated carbocycles. The van der Waals surface area contributed by atoms with Crippen molar-refractivity contribution in [2.75, 3.05) is 0 Å². The molecule has 0 aliphatic heterocycles. The Labute approximate surface area is 166 Å². The summed E-state index contributed by atoms with van der Waals surface area (Å²) in [5.41, 5.74) is 4.01. The minimum Gasteiger partial charge on any atom is -0.265 e. The Kier molecular flexibility index (Phi) is 4.88. The molecule has 0 radical (unpaired) electrons. The van der Waals surface area contributed by atoms with E-state index in [2.05, 4.69) is 20.3 Å². The molecule has 0 aliphatic rings. The summed E-state index contributed by atoms with van der Waals surface area (Å²) in [5, 5.41) is 13.6. The Morgan fingerprint density at radius 3 is 2.39 bits per heavy atom. The average Bonchev–Trinajstić information content (AvgIpc) is 2.70. The number of halogens is 1. The number of fused-ring (bicyclic) bond motifs is 1. The molecule has 28 heavy (non-hydrogen) atoms. The van der Waals surface area contributed by atoms with Crippen LogP contribution in [0.2, 0.25) is 5.02 Å². The lowest BCUT2D eigenvalue weighted by molar-refractivity contribution is 0.613. The lowest BCUT2D eigenvalue weighted by Crippen LogP contribution is -2.25. The minimum absolute atomic E-state index is 0.239. The van der Waals surface area contributed by atoms with Gasteiger partial charge in [-0.25, -0.2) is 0 Å². The van der Waals surface area contributed by atoms with Crippen molar-refractivity contribution in [3.05, 3.63) is 76.1 Å². The Morgan fingerprint density at radius 2 is 1.71 bits per heavy atom. The molecule has 0 amide bonds. The van der Waals surface area contributed by atoms with Gasteiger partial charge in [-0.3, -0.25) is 9.78 Å². The van der Waals surface area contributed by atoms with E-state index in [1.54, 1.807) is 18.6 Å². The molecule has 4 aromatic rings. The lowest BCUT2D eigenvalue weighted by Gasteiger charge is -2.13. The SMILES string of the molecule is CC(C)Cc1nnc2c(-c3ccncc3)c(-c3ccc(Cl)cc3)cnn2c1=O. The maximum atomic E-state index is 12.9. The number of nitrogens with zero attached hydrogens (tertiary/aromatic N) is 5. The third-order valence-electron chi connectivity index (χ3n) is 4.43. The topological polar surface area (TPSA) is 73.0 Å². The van der Waals surface area contributed by atoms with Gasteiger partial charge in [0.1, 0.15) is 5.69 Å². The number of pyridine rings is 1. The molecule has 140 valence electrons. The first-order valence-corrected chi connectivity index (χ1v) is 9.36. The number of aromatic nitrogens is 5. The fraction of sp³-hybridized carbons (Fsp3) is 0.190. The van der Waals surface area contributed by atoms with Crippen LogP contribution in [0.1, 0.15) is 19.5 Å². The van der Waals surface area contributed by atoms with Crippen molar-refractivity contribution in [2.24, 2.45) is 5.92 Å². The summed E-state index contributed by atoms with van der Waals surface area (Å²) in [6, 6.07) is 11.2. The number of hydrogen-bond donors (Lipinski definition) is 0. The number of benzene rings is 1.